The molecule has 4 atom stereocenters. The lowest BCUT2D eigenvalue weighted by Crippen LogP contribution is -2.49. The summed E-state index contributed by atoms with van der Waals surface area (Å²) in [6, 6.07) is 0. The van der Waals surface area contributed by atoms with Gasteiger partial charge >= 0.3 is 0 Å². The Hall–Kier alpha value is -1.55. The third-order valence-electron chi connectivity index (χ3n) is 4.48. The van der Waals surface area contributed by atoms with Crippen molar-refractivity contribution in [2.45, 2.75) is 42.9 Å². The molecule has 21 heavy (non-hydrogen) atoms. The molecule has 3 aliphatic rings. The molecule has 1 saturated heterocycles. The molecule has 3 rings (SSSR count). The van der Waals surface area contributed by atoms with E-state index in [9.17, 15) is 15.0 Å². The van der Waals surface area contributed by atoms with E-state index in [-0.39, 0.29) is 6.67 Å². The van der Waals surface area contributed by atoms with Gasteiger partial charge in [0, 0.05) is 6.20 Å². The van der Waals surface area contributed by atoms with Crippen molar-refractivity contribution in [2.75, 3.05) is 13.3 Å². The van der Waals surface area contributed by atoms with Crippen molar-refractivity contribution >= 4 is 5.91 Å². The molecule has 2 fully saturated rings. The van der Waals surface area contributed by atoms with E-state index in [0.717, 1.165) is 0 Å². The van der Waals surface area contributed by atoms with Gasteiger partial charge in [-0.3, -0.25) is 4.79 Å². The zero-order valence-electron chi connectivity index (χ0n) is 11.4. The molecule has 1 amide bonds. The lowest BCUT2D eigenvalue weighted by atomic mass is 10.1. The van der Waals surface area contributed by atoms with Crippen LogP contribution < -0.4 is 11.5 Å². The first-order chi connectivity index (χ1) is 9.90. The highest BCUT2D eigenvalue weighted by molar-refractivity contribution is 5.88. The van der Waals surface area contributed by atoms with Gasteiger partial charge in [-0.15, -0.1) is 0 Å². The summed E-state index contributed by atoms with van der Waals surface area (Å²) in [5, 5.41) is 28.9. The third-order valence-corrected chi connectivity index (χ3v) is 4.48. The second-order valence-corrected chi connectivity index (χ2v) is 5.76. The molecule has 0 unspecified atom stereocenters. The van der Waals surface area contributed by atoms with Crippen LogP contribution in [0.4, 0.5) is 0 Å². The number of ether oxygens (including phenoxy) is 1. The van der Waals surface area contributed by atoms with Crippen molar-refractivity contribution < 1.29 is 24.9 Å². The highest BCUT2D eigenvalue weighted by Gasteiger charge is 2.56. The Labute approximate surface area is 121 Å². The van der Waals surface area contributed by atoms with Crippen LogP contribution in [0.2, 0.25) is 0 Å². The third kappa shape index (κ3) is 2.04. The lowest BCUT2D eigenvalue weighted by Gasteiger charge is -2.32. The summed E-state index contributed by atoms with van der Waals surface area (Å²) in [5.74, 6) is -0.0908. The quantitative estimate of drug-likeness (QED) is 0.364. The molecular weight excluding hydrogens is 280 g/mol. The zero-order valence-corrected chi connectivity index (χ0v) is 11.4. The number of carbonyl (C=O) groups excluding carboxylic acids is 1. The molecule has 0 aromatic heterocycles. The number of carbonyl (C=O) groups is 1. The molecule has 9 heteroatoms. The maximum absolute atomic E-state index is 11.6. The maximum Gasteiger partial charge on any atom is 0.243 e. The van der Waals surface area contributed by atoms with Gasteiger partial charge in [-0.2, -0.15) is 0 Å². The molecule has 0 spiro atoms. The van der Waals surface area contributed by atoms with E-state index in [0.29, 0.717) is 18.7 Å². The van der Waals surface area contributed by atoms with Crippen molar-refractivity contribution in [2.24, 2.45) is 11.5 Å². The molecule has 2 aliphatic heterocycles. The van der Waals surface area contributed by atoms with Crippen LogP contribution in [0, 0.1) is 0 Å². The molecule has 9 nitrogen and oxygen atoms in total. The summed E-state index contributed by atoms with van der Waals surface area (Å²) in [4.78, 5) is 14.8. The molecular formula is C12H20N4O5. The predicted molar refractivity (Wildman–Crippen MR) is 69.7 cm³/mol. The summed E-state index contributed by atoms with van der Waals surface area (Å²) in [7, 11) is 0. The molecule has 0 radical (unpaired) electrons. The van der Waals surface area contributed by atoms with E-state index in [1.165, 1.54) is 0 Å². The highest BCUT2D eigenvalue weighted by atomic mass is 16.6. The molecule has 0 aromatic rings. The van der Waals surface area contributed by atoms with Crippen LogP contribution >= 0.6 is 0 Å². The number of nitrogens with zero attached hydrogens (tertiary/aromatic N) is 2. The van der Waals surface area contributed by atoms with Crippen molar-refractivity contribution in [3.63, 3.8) is 0 Å². The molecule has 2 heterocycles. The van der Waals surface area contributed by atoms with Crippen LogP contribution in [0.15, 0.2) is 12.0 Å². The van der Waals surface area contributed by atoms with E-state index >= 15 is 0 Å². The number of rotatable bonds is 4. The van der Waals surface area contributed by atoms with Gasteiger partial charge in [0.1, 0.15) is 29.7 Å². The molecule has 1 saturated carbocycles. The zero-order chi connectivity index (χ0) is 15.4. The Morgan fingerprint density at radius 1 is 1.43 bits per heavy atom. The average molecular weight is 300 g/mol. The van der Waals surface area contributed by atoms with E-state index in [2.05, 4.69) is 0 Å². The summed E-state index contributed by atoms with van der Waals surface area (Å²) < 4.78 is 5.44. The van der Waals surface area contributed by atoms with E-state index in [1.54, 1.807) is 16.0 Å². The minimum Gasteiger partial charge on any atom is -0.394 e. The smallest absolute Gasteiger partial charge is 0.243 e. The van der Waals surface area contributed by atoms with Crippen molar-refractivity contribution in [1.82, 2.24) is 9.80 Å². The second-order valence-electron chi connectivity index (χ2n) is 5.76. The number of hydrogen-bond donors (Lipinski definition) is 5. The Morgan fingerprint density at radius 3 is 2.57 bits per heavy atom. The second kappa shape index (κ2) is 4.73. The monoisotopic (exact) mass is 300 g/mol. The van der Waals surface area contributed by atoms with Crippen molar-refractivity contribution in [3.05, 3.63) is 12.0 Å². The predicted octanol–water partition coefficient (Wildman–Crippen LogP) is -3.22. The Morgan fingerprint density at radius 2 is 2.10 bits per heavy atom. The highest BCUT2D eigenvalue weighted by Crippen LogP contribution is 2.44. The minimum absolute atomic E-state index is 0.237. The van der Waals surface area contributed by atoms with Crippen LogP contribution in [-0.2, 0) is 9.53 Å². The number of amides is 1. The minimum atomic E-state index is -1.20. The number of aliphatic hydroxyl groups is 3. The normalized spacial score (nSPS) is 37.8. The first kappa shape index (κ1) is 14.4. The summed E-state index contributed by atoms with van der Waals surface area (Å²) in [6.07, 6.45) is -1.19. The summed E-state index contributed by atoms with van der Waals surface area (Å²) in [6.45, 7) is -0.164. The average Bonchev–Trinajstić information content (AvgIpc) is 3.11. The number of aliphatic hydroxyl groups excluding tert-OH is 3. The van der Waals surface area contributed by atoms with Gasteiger partial charge in [0.2, 0.25) is 5.91 Å². The fourth-order valence-corrected chi connectivity index (χ4v) is 2.94. The Balaban J connectivity index is 1.74. The van der Waals surface area contributed by atoms with E-state index in [1.807, 2.05) is 0 Å². The van der Waals surface area contributed by atoms with Gasteiger partial charge in [0.15, 0.2) is 6.23 Å². The Kier molecular flexibility index (Phi) is 3.24. The summed E-state index contributed by atoms with van der Waals surface area (Å²) in [5.41, 5.74) is 10.6. The molecule has 1 aliphatic carbocycles. The van der Waals surface area contributed by atoms with E-state index < -0.39 is 42.6 Å². The molecule has 7 N–H and O–H groups in total. The summed E-state index contributed by atoms with van der Waals surface area (Å²) >= 11 is 0. The van der Waals surface area contributed by atoms with Crippen LogP contribution in [0.3, 0.4) is 0 Å². The van der Waals surface area contributed by atoms with Crippen LogP contribution in [0.5, 0.6) is 0 Å². The van der Waals surface area contributed by atoms with Gasteiger partial charge in [0.25, 0.3) is 0 Å². The van der Waals surface area contributed by atoms with Gasteiger partial charge in [-0.1, -0.05) is 0 Å². The van der Waals surface area contributed by atoms with Gasteiger partial charge in [-0.25, -0.2) is 0 Å². The number of nitrogens with two attached hydrogens (primary N) is 2. The van der Waals surface area contributed by atoms with Gasteiger partial charge < -0.3 is 41.3 Å². The molecule has 0 bridgehead atoms. The van der Waals surface area contributed by atoms with Gasteiger partial charge in [0.05, 0.1) is 13.3 Å². The standard InChI is InChI=1S/C12H20N4O5/c13-7-3-15(12(1-2-12)11(14)20)5-16(7)10-9(19)8(18)6(4-17)21-10/h3,6,8-10,17-19H,1-2,4-5,13H2,(H2,14,20)/t6-,8-,9-,10-/m1/s1. The number of primary amides is 1. The lowest BCUT2D eigenvalue weighted by molar-refractivity contribution is -0.125. The van der Waals surface area contributed by atoms with Gasteiger partial charge in [-0.05, 0) is 12.8 Å². The fourth-order valence-electron chi connectivity index (χ4n) is 2.94. The maximum atomic E-state index is 11.6. The molecule has 118 valence electrons. The van der Waals surface area contributed by atoms with Crippen molar-refractivity contribution in [3.8, 4) is 0 Å². The fraction of sp³-hybridized carbons (Fsp3) is 0.750. The van der Waals surface area contributed by atoms with Crippen LogP contribution in [0.1, 0.15) is 12.8 Å². The topological polar surface area (TPSA) is 146 Å². The Bertz CT molecular complexity index is 480. The van der Waals surface area contributed by atoms with Crippen LogP contribution in [-0.4, -0.2) is 74.4 Å². The van der Waals surface area contributed by atoms with E-state index in [4.69, 9.17) is 21.3 Å². The largest absolute Gasteiger partial charge is 0.394 e. The van der Waals surface area contributed by atoms with Crippen molar-refractivity contribution in [1.29, 1.82) is 0 Å². The van der Waals surface area contributed by atoms with Crippen LogP contribution in [0.25, 0.3) is 0 Å². The SMILES string of the molecule is NC(=O)C1(N2C=C(N)N([C@@H]3O[C@H](CO)[C@@H](O)[C@H]3O)C2)CC1. The molecule has 0 aromatic carbocycles. The first-order valence-corrected chi connectivity index (χ1v) is 6.84. The first-order valence-electron chi connectivity index (χ1n) is 6.84. The number of hydrogen-bond acceptors (Lipinski definition) is 8.